The van der Waals surface area contributed by atoms with Crippen LogP contribution in [0.15, 0.2) is 22.7 Å². The minimum Gasteiger partial charge on any atom is -0.378 e. The molecule has 2 saturated heterocycles. The van der Waals surface area contributed by atoms with Gasteiger partial charge in [0.05, 0.1) is 10.0 Å². The molecular formula is C15H21BrFN3. The third-order valence-electron chi connectivity index (χ3n) is 4.72. The van der Waals surface area contributed by atoms with Crippen molar-refractivity contribution in [1.82, 2.24) is 4.90 Å². The molecule has 2 heterocycles. The van der Waals surface area contributed by atoms with Crippen LogP contribution in [-0.2, 0) is 0 Å². The van der Waals surface area contributed by atoms with E-state index in [4.69, 9.17) is 5.73 Å². The average Bonchev–Trinajstić information content (AvgIpc) is 2.90. The fraction of sp³-hybridized carbons (Fsp3) is 0.600. The van der Waals surface area contributed by atoms with E-state index in [0.717, 1.165) is 25.1 Å². The molecule has 1 aromatic rings. The lowest BCUT2D eigenvalue weighted by molar-refractivity contribution is 0.145. The molecule has 3 nitrogen and oxygen atoms in total. The topological polar surface area (TPSA) is 41.3 Å². The first-order valence-electron chi connectivity index (χ1n) is 7.29. The fourth-order valence-corrected chi connectivity index (χ4v) is 3.94. The molecule has 0 saturated carbocycles. The maximum absolute atomic E-state index is 13.3. The van der Waals surface area contributed by atoms with Crippen LogP contribution in [0.1, 0.15) is 25.7 Å². The van der Waals surface area contributed by atoms with Crippen molar-refractivity contribution in [3.8, 4) is 0 Å². The predicted octanol–water partition coefficient (Wildman–Crippen LogP) is 2.96. The Hall–Kier alpha value is -0.650. The normalized spacial score (nSPS) is 30.2. The standard InChI is InChI=1S/C15H21BrFN3/c16-13-8-11(3-4-14(13)17)19-15(10-18)5-7-20-6-1-2-12(20)9-15/h3-4,8,12,19H,1-2,5-7,9-10,18H2. The van der Waals surface area contributed by atoms with Gasteiger partial charge < -0.3 is 16.0 Å². The second kappa shape index (κ2) is 5.62. The highest BCUT2D eigenvalue weighted by Crippen LogP contribution is 2.35. The number of benzene rings is 1. The summed E-state index contributed by atoms with van der Waals surface area (Å²) >= 11 is 3.24. The molecule has 0 spiro atoms. The van der Waals surface area contributed by atoms with Crippen molar-refractivity contribution in [3.63, 3.8) is 0 Å². The van der Waals surface area contributed by atoms with E-state index < -0.39 is 0 Å². The summed E-state index contributed by atoms with van der Waals surface area (Å²) in [5.41, 5.74) is 6.96. The van der Waals surface area contributed by atoms with E-state index >= 15 is 0 Å². The summed E-state index contributed by atoms with van der Waals surface area (Å²) in [6, 6.07) is 5.73. The summed E-state index contributed by atoms with van der Waals surface area (Å²) in [5.74, 6) is -0.233. The minimum absolute atomic E-state index is 0.0528. The molecule has 20 heavy (non-hydrogen) atoms. The van der Waals surface area contributed by atoms with E-state index in [0.29, 0.717) is 17.1 Å². The Morgan fingerprint density at radius 3 is 3.05 bits per heavy atom. The summed E-state index contributed by atoms with van der Waals surface area (Å²) in [6.45, 7) is 2.96. The zero-order valence-corrected chi connectivity index (χ0v) is 13.1. The monoisotopic (exact) mass is 341 g/mol. The summed E-state index contributed by atoms with van der Waals surface area (Å²) in [5, 5.41) is 3.58. The number of anilines is 1. The summed E-state index contributed by atoms with van der Waals surface area (Å²) in [4.78, 5) is 2.58. The van der Waals surface area contributed by atoms with Crippen LogP contribution < -0.4 is 11.1 Å². The average molecular weight is 342 g/mol. The van der Waals surface area contributed by atoms with E-state index in [1.165, 1.54) is 25.5 Å². The Bertz CT molecular complexity index is 496. The number of nitrogens with one attached hydrogen (secondary N) is 1. The van der Waals surface area contributed by atoms with Crippen LogP contribution in [0, 0.1) is 5.82 Å². The number of fused-ring (bicyclic) bond motifs is 1. The molecule has 1 aromatic carbocycles. The minimum atomic E-state index is -0.233. The molecule has 0 aliphatic carbocycles. The lowest BCUT2D eigenvalue weighted by Gasteiger charge is -2.44. The predicted molar refractivity (Wildman–Crippen MR) is 83.3 cm³/mol. The van der Waals surface area contributed by atoms with Crippen molar-refractivity contribution in [2.45, 2.75) is 37.3 Å². The Kier molecular flexibility index (Phi) is 4.02. The van der Waals surface area contributed by atoms with Crippen LogP contribution in [0.2, 0.25) is 0 Å². The number of nitrogens with two attached hydrogens (primary N) is 1. The van der Waals surface area contributed by atoms with Gasteiger partial charge in [-0.25, -0.2) is 4.39 Å². The van der Waals surface area contributed by atoms with Gasteiger partial charge in [0.1, 0.15) is 5.82 Å². The molecule has 2 atom stereocenters. The highest BCUT2D eigenvalue weighted by atomic mass is 79.9. The quantitative estimate of drug-likeness (QED) is 0.887. The van der Waals surface area contributed by atoms with Crippen molar-refractivity contribution in [3.05, 3.63) is 28.5 Å². The third-order valence-corrected chi connectivity index (χ3v) is 5.33. The van der Waals surface area contributed by atoms with E-state index in [-0.39, 0.29) is 11.4 Å². The summed E-state index contributed by atoms with van der Waals surface area (Å²) in [7, 11) is 0. The molecule has 0 aromatic heterocycles. The fourth-order valence-electron chi connectivity index (χ4n) is 3.56. The molecule has 2 unspecified atom stereocenters. The van der Waals surface area contributed by atoms with Crippen LogP contribution >= 0.6 is 15.9 Å². The zero-order valence-electron chi connectivity index (χ0n) is 11.5. The van der Waals surface area contributed by atoms with Gasteiger partial charge in [-0.15, -0.1) is 0 Å². The van der Waals surface area contributed by atoms with Gasteiger partial charge in [-0.3, -0.25) is 0 Å². The first-order chi connectivity index (χ1) is 9.62. The van der Waals surface area contributed by atoms with Gasteiger partial charge in [0, 0.05) is 24.8 Å². The molecule has 3 rings (SSSR count). The zero-order chi connectivity index (χ0) is 14.2. The maximum atomic E-state index is 13.3. The van der Waals surface area contributed by atoms with Crippen molar-refractivity contribution >= 4 is 21.6 Å². The van der Waals surface area contributed by atoms with Crippen LogP contribution in [0.4, 0.5) is 10.1 Å². The first-order valence-corrected chi connectivity index (χ1v) is 8.09. The molecule has 5 heteroatoms. The molecule has 2 aliphatic heterocycles. The Morgan fingerprint density at radius 1 is 1.45 bits per heavy atom. The van der Waals surface area contributed by atoms with E-state index in [1.54, 1.807) is 12.1 Å². The SMILES string of the molecule is NCC1(Nc2ccc(F)c(Br)c2)CCN2CCCC2C1. The van der Waals surface area contributed by atoms with Crippen LogP contribution in [0.3, 0.4) is 0 Å². The van der Waals surface area contributed by atoms with Crippen molar-refractivity contribution in [2.24, 2.45) is 5.73 Å². The molecule has 0 bridgehead atoms. The number of halogens is 2. The largest absolute Gasteiger partial charge is 0.378 e. The summed E-state index contributed by atoms with van der Waals surface area (Å²) in [6.07, 6.45) is 4.71. The molecule has 2 fully saturated rings. The molecule has 2 aliphatic rings. The van der Waals surface area contributed by atoms with Crippen molar-refractivity contribution < 1.29 is 4.39 Å². The van der Waals surface area contributed by atoms with Gasteiger partial charge in [-0.05, 0) is 66.4 Å². The molecular weight excluding hydrogens is 321 g/mol. The van der Waals surface area contributed by atoms with Gasteiger partial charge in [0.15, 0.2) is 0 Å². The Labute approximate surface area is 127 Å². The van der Waals surface area contributed by atoms with Gasteiger partial charge in [0.2, 0.25) is 0 Å². The number of piperidine rings is 1. The van der Waals surface area contributed by atoms with E-state index in [1.807, 2.05) is 0 Å². The third kappa shape index (κ3) is 2.71. The molecule has 0 radical (unpaired) electrons. The number of hydrogen-bond donors (Lipinski definition) is 2. The lowest BCUT2D eigenvalue weighted by Crippen LogP contribution is -2.55. The number of nitrogens with zero attached hydrogens (tertiary/aromatic N) is 1. The van der Waals surface area contributed by atoms with Crippen molar-refractivity contribution in [1.29, 1.82) is 0 Å². The second-order valence-corrected chi connectivity index (χ2v) is 6.88. The number of rotatable bonds is 3. The van der Waals surface area contributed by atoms with Gasteiger partial charge in [0.25, 0.3) is 0 Å². The Morgan fingerprint density at radius 2 is 2.30 bits per heavy atom. The van der Waals surface area contributed by atoms with Crippen LogP contribution in [0.5, 0.6) is 0 Å². The van der Waals surface area contributed by atoms with E-state index in [2.05, 4.69) is 26.1 Å². The van der Waals surface area contributed by atoms with Crippen LogP contribution in [0.25, 0.3) is 0 Å². The summed E-state index contributed by atoms with van der Waals surface area (Å²) < 4.78 is 13.8. The van der Waals surface area contributed by atoms with Crippen LogP contribution in [-0.4, -0.2) is 36.1 Å². The molecule has 3 N–H and O–H groups in total. The lowest BCUT2D eigenvalue weighted by atomic mass is 9.83. The maximum Gasteiger partial charge on any atom is 0.137 e. The molecule has 0 amide bonds. The van der Waals surface area contributed by atoms with Gasteiger partial charge in [-0.1, -0.05) is 0 Å². The van der Waals surface area contributed by atoms with Gasteiger partial charge >= 0.3 is 0 Å². The Balaban J connectivity index is 1.77. The second-order valence-electron chi connectivity index (χ2n) is 6.02. The first kappa shape index (κ1) is 14.3. The highest BCUT2D eigenvalue weighted by molar-refractivity contribution is 9.10. The van der Waals surface area contributed by atoms with Gasteiger partial charge in [-0.2, -0.15) is 0 Å². The highest BCUT2D eigenvalue weighted by Gasteiger charge is 2.40. The van der Waals surface area contributed by atoms with E-state index in [9.17, 15) is 4.39 Å². The smallest absolute Gasteiger partial charge is 0.137 e. The molecule has 110 valence electrons. The number of hydrogen-bond acceptors (Lipinski definition) is 3. The van der Waals surface area contributed by atoms with Crippen molar-refractivity contribution in [2.75, 3.05) is 25.0 Å².